The van der Waals surface area contributed by atoms with Crippen LogP contribution in [0.25, 0.3) is 0 Å². The van der Waals surface area contributed by atoms with Gasteiger partial charge in [-0.05, 0) is 41.5 Å². The van der Waals surface area contributed by atoms with Crippen LogP contribution in [-0.2, 0) is 10.0 Å². The number of aromatic nitrogens is 1. The van der Waals surface area contributed by atoms with Gasteiger partial charge in [0.25, 0.3) is 15.7 Å². The first-order chi connectivity index (χ1) is 13.4. The lowest BCUT2D eigenvalue weighted by atomic mass is 10.1. The number of nitro groups is 1. The highest BCUT2D eigenvalue weighted by Crippen LogP contribution is 2.50. The van der Waals surface area contributed by atoms with Crippen molar-refractivity contribution in [2.75, 3.05) is 0 Å². The molecule has 6 nitrogen and oxygen atoms in total. The van der Waals surface area contributed by atoms with E-state index in [-0.39, 0.29) is 15.8 Å². The monoisotopic (exact) mass is 420 g/mol. The van der Waals surface area contributed by atoms with Crippen LogP contribution in [0.3, 0.4) is 0 Å². The van der Waals surface area contributed by atoms with Gasteiger partial charge in [-0.15, -0.1) is 0 Å². The lowest BCUT2D eigenvalue weighted by molar-refractivity contribution is -0.384. The molecule has 0 unspecified atom stereocenters. The van der Waals surface area contributed by atoms with E-state index >= 15 is 0 Å². The van der Waals surface area contributed by atoms with E-state index < -0.39 is 25.8 Å². The van der Waals surface area contributed by atoms with E-state index in [0.717, 1.165) is 31.4 Å². The molecule has 1 aromatic heterocycles. The SMILES string of the molecule is CCCCC[C@H](c1cccn1S(=O)(=O)c1ccc([N+](=O)[O-])cc1)[SH]1C=CC=C1. The first kappa shape index (κ1) is 20.4. The van der Waals surface area contributed by atoms with Crippen molar-refractivity contribution in [3.05, 3.63) is 81.4 Å². The number of allylic oxidation sites excluding steroid dienone is 2. The second kappa shape index (κ2) is 8.79. The molecule has 3 rings (SSSR count). The molecular formula is C20H24N2O4S2. The van der Waals surface area contributed by atoms with E-state index in [9.17, 15) is 18.5 Å². The number of nitrogens with zero attached hydrogens (tertiary/aromatic N) is 2. The van der Waals surface area contributed by atoms with Gasteiger partial charge in [0.1, 0.15) is 0 Å². The van der Waals surface area contributed by atoms with Crippen LogP contribution in [0, 0.1) is 10.1 Å². The summed E-state index contributed by atoms with van der Waals surface area (Å²) in [6.07, 6.45) is 9.81. The molecule has 2 aromatic rings. The first-order valence-corrected chi connectivity index (χ1v) is 12.2. The van der Waals surface area contributed by atoms with Gasteiger partial charge < -0.3 is 0 Å². The van der Waals surface area contributed by atoms with Crippen molar-refractivity contribution in [3.8, 4) is 0 Å². The first-order valence-electron chi connectivity index (χ1n) is 9.25. The maximum Gasteiger partial charge on any atom is 0.269 e. The molecule has 0 amide bonds. The van der Waals surface area contributed by atoms with Gasteiger partial charge in [-0.1, -0.05) is 38.3 Å². The van der Waals surface area contributed by atoms with Crippen molar-refractivity contribution in [2.24, 2.45) is 0 Å². The number of benzene rings is 1. The molecule has 2 heterocycles. The Bertz CT molecular complexity index is 979. The zero-order valence-corrected chi connectivity index (χ0v) is 17.4. The summed E-state index contributed by atoms with van der Waals surface area (Å²) >= 11 is 0. The molecule has 1 aromatic carbocycles. The fourth-order valence-electron chi connectivity index (χ4n) is 3.30. The zero-order valence-electron chi connectivity index (χ0n) is 15.6. The lowest BCUT2D eigenvalue weighted by Crippen LogP contribution is -2.17. The summed E-state index contributed by atoms with van der Waals surface area (Å²) in [5, 5.41) is 15.3. The predicted molar refractivity (Wildman–Crippen MR) is 114 cm³/mol. The number of unbranched alkanes of at least 4 members (excludes halogenated alkanes) is 2. The Balaban J connectivity index is 1.96. The Morgan fingerprint density at radius 3 is 2.39 bits per heavy atom. The Kier molecular flexibility index (Phi) is 6.41. The van der Waals surface area contributed by atoms with E-state index in [0.29, 0.717) is 0 Å². The topological polar surface area (TPSA) is 82.2 Å². The third-order valence-corrected chi connectivity index (χ3v) is 8.75. The Morgan fingerprint density at radius 1 is 1.11 bits per heavy atom. The lowest BCUT2D eigenvalue weighted by Gasteiger charge is -2.26. The van der Waals surface area contributed by atoms with Crippen LogP contribution < -0.4 is 0 Å². The largest absolute Gasteiger partial charge is 0.269 e. The van der Waals surface area contributed by atoms with Crippen LogP contribution in [-0.4, -0.2) is 17.3 Å². The van der Waals surface area contributed by atoms with Gasteiger partial charge in [-0.25, -0.2) is 23.3 Å². The summed E-state index contributed by atoms with van der Waals surface area (Å²) in [4.78, 5) is 10.4. The van der Waals surface area contributed by atoms with Crippen LogP contribution in [0.5, 0.6) is 0 Å². The van der Waals surface area contributed by atoms with Crippen LogP contribution in [0.2, 0.25) is 0 Å². The van der Waals surface area contributed by atoms with Crippen LogP contribution in [0.15, 0.2) is 70.5 Å². The van der Waals surface area contributed by atoms with Gasteiger partial charge in [-0.2, -0.15) is 0 Å². The molecule has 8 heteroatoms. The molecule has 0 radical (unpaired) electrons. The highest BCUT2D eigenvalue weighted by atomic mass is 32.2. The smallest absolute Gasteiger partial charge is 0.258 e. The Morgan fingerprint density at radius 2 is 1.79 bits per heavy atom. The Labute approximate surface area is 168 Å². The highest BCUT2D eigenvalue weighted by molar-refractivity contribution is 8.22. The average molecular weight is 421 g/mol. The normalized spacial score (nSPS) is 15.8. The molecule has 0 saturated heterocycles. The summed E-state index contributed by atoms with van der Waals surface area (Å²) in [6, 6.07) is 8.67. The molecule has 1 aliphatic rings. The molecule has 0 fully saturated rings. The molecule has 0 N–H and O–H groups in total. The van der Waals surface area contributed by atoms with Gasteiger partial charge in [0, 0.05) is 29.3 Å². The number of rotatable bonds is 9. The van der Waals surface area contributed by atoms with Crippen molar-refractivity contribution >= 4 is 26.6 Å². The minimum Gasteiger partial charge on any atom is -0.258 e. The third kappa shape index (κ3) is 4.23. The van der Waals surface area contributed by atoms with Crippen molar-refractivity contribution < 1.29 is 13.3 Å². The van der Waals surface area contributed by atoms with Crippen LogP contribution >= 0.6 is 10.9 Å². The molecule has 0 aliphatic carbocycles. The third-order valence-electron chi connectivity index (χ3n) is 4.76. The van der Waals surface area contributed by atoms with E-state index in [1.54, 1.807) is 12.3 Å². The summed E-state index contributed by atoms with van der Waals surface area (Å²) in [5.74, 6) is 0. The average Bonchev–Trinajstić information content (AvgIpc) is 3.38. The molecule has 1 aliphatic heterocycles. The van der Waals surface area contributed by atoms with Gasteiger partial charge in [-0.3, -0.25) is 10.1 Å². The second-order valence-corrected chi connectivity index (χ2v) is 10.6. The molecule has 28 heavy (non-hydrogen) atoms. The minimum absolute atomic E-state index is 0.0492. The minimum atomic E-state index is -3.82. The summed E-state index contributed by atoms with van der Waals surface area (Å²) < 4.78 is 27.8. The van der Waals surface area contributed by atoms with Crippen molar-refractivity contribution in [1.82, 2.24) is 3.97 Å². The highest BCUT2D eigenvalue weighted by Gasteiger charge is 2.26. The number of hydrogen-bond donors (Lipinski definition) is 1. The molecular weight excluding hydrogens is 396 g/mol. The van der Waals surface area contributed by atoms with Crippen molar-refractivity contribution in [2.45, 2.75) is 42.8 Å². The van der Waals surface area contributed by atoms with E-state index in [2.05, 4.69) is 17.7 Å². The molecule has 0 saturated carbocycles. The van der Waals surface area contributed by atoms with Gasteiger partial charge >= 0.3 is 0 Å². The van der Waals surface area contributed by atoms with Crippen LogP contribution in [0.4, 0.5) is 5.69 Å². The summed E-state index contributed by atoms with van der Waals surface area (Å²) in [7, 11) is -4.38. The number of nitro benzene ring substituents is 1. The molecule has 1 atom stereocenters. The van der Waals surface area contributed by atoms with Crippen molar-refractivity contribution in [3.63, 3.8) is 0 Å². The fraction of sp³-hybridized carbons (Fsp3) is 0.300. The zero-order chi connectivity index (χ0) is 20.1. The molecule has 150 valence electrons. The fourth-order valence-corrected chi connectivity index (χ4v) is 6.89. The number of non-ortho nitro benzene ring substituents is 1. The second-order valence-electron chi connectivity index (χ2n) is 6.63. The van der Waals surface area contributed by atoms with Crippen molar-refractivity contribution in [1.29, 1.82) is 0 Å². The predicted octanol–water partition coefficient (Wildman–Crippen LogP) is 5.30. The molecule has 0 bridgehead atoms. The van der Waals surface area contributed by atoms with Gasteiger partial charge in [0.15, 0.2) is 0 Å². The quantitative estimate of drug-likeness (QED) is 0.258. The maximum atomic E-state index is 13.2. The van der Waals surface area contributed by atoms with E-state index in [1.165, 1.54) is 28.2 Å². The Hall–Kier alpha value is -2.32. The number of hydrogen-bond acceptors (Lipinski definition) is 4. The molecule has 0 spiro atoms. The van der Waals surface area contributed by atoms with Gasteiger partial charge in [0.2, 0.25) is 0 Å². The maximum absolute atomic E-state index is 13.2. The standard InChI is InChI=1S/C20H24N2O4S2/c1-2-3-4-9-20(27-15-5-6-16-27)19-8-7-14-21(19)28(25,26)18-12-10-17(11-13-18)22(23)24/h5-8,10-16,20,27H,2-4,9H2,1H3/t20-/m1/s1. The number of thiol groups is 1. The van der Waals surface area contributed by atoms with Crippen LogP contribution in [0.1, 0.15) is 43.6 Å². The summed E-state index contributed by atoms with van der Waals surface area (Å²) in [5.41, 5.74) is 0.644. The van der Waals surface area contributed by atoms with E-state index in [1.807, 2.05) is 18.2 Å². The van der Waals surface area contributed by atoms with Gasteiger partial charge in [0.05, 0.1) is 9.82 Å². The van der Waals surface area contributed by atoms with E-state index in [4.69, 9.17) is 0 Å². The summed E-state index contributed by atoms with van der Waals surface area (Å²) in [6.45, 7) is 2.15.